The molecule has 1 aliphatic rings. The normalized spacial score (nSPS) is 16.7. The van der Waals surface area contributed by atoms with Gasteiger partial charge in [-0.05, 0) is 61.6 Å². The van der Waals surface area contributed by atoms with Gasteiger partial charge in [-0.25, -0.2) is 4.39 Å². The number of amides is 1. The predicted molar refractivity (Wildman–Crippen MR) is 120 cm³/mol. The molecule has 1 heterocycles. The van der Waals surface area contributed by atoms with Crippen LogP contribution in [0, 0.1) is 11.7 Å². The van der Waals surface area contributed by atoms with Gasteiger partial charge in [0.2, 0.25) is 5.91 Å². The molecule has 5 nitrogen and oxygen atoms in total. The molecule has 1 aliphatic heterocycles. The van der Waals surface area contributed by atoms with E-state index in [1.807, 2.05) is 24.3 Å². The van der Waals surface area contributed by atoms with Crippen LogP contribution < -0.4 is 14.8 Å². The van der Waals surface area contributed by atoms with Crippen LogP contribution in [0.2, 0.25) is 5.02 Å². The SMILES string of the molecule is COc1ccc(CNC(=O)CC[C@H]2CCCN(Cc3ccc(Cl)c(F)c3)C2)c(OC)c1. The molecule has 0 unspecified atom stereocenters. The molecule has 0 radical (unpaired) electrons. The Bertz CT molecular complexity index is 893. The van der Waals surface area contributed by atoms with Crippen LogP contribution in [0.4, 0.5) is 4.39 Å². The third-order valence-corrected chi connectivity index (χ3v) is 6.05. The monoisotopic (exact) mass is 448 g/mol. The molecule has 1 saturated heterocycles. The second-order valence-electron chi connectivity index (χ2n) is 7.99. The molecule has 0 saturated carbocycles. The molecule has 1 N–H and O–H groups in total. The summed E-state index contributed by atoms with van der Waals surface area (Å²) >= 11 is 5.77. The van der Waals surface area contributed by atoms with E-state index in [0.29, 0.717) is 31.2 Å². The molecule has 0 aromatic heterocycles. The number of carbonyl (C=O) groups excluding carboxylic acids is 1. The number of halogens is 2. The highest BCUT2D eigenvalue weighted by molar-refractivity contribution is 6.30. The average molecular weight is 449 g/mol. The molecule has 0 spiro atoms. The van der Waals surface area contributed by atoms with Crippen LogP contribution in [0.15, 0.2) is 36.4 Å². The van der Waals surface area contributed by atoms with Crippen molar-refractivity contribution in [3.05, 3.63) is 58.4 Å². The number of benzene rings is 2. The van der Waals surface area contributed by atoms with Gasteiger partial charge in [-0.3, -0.25) is 9.69 Å². The molecule has 31 heavy (non-hydrogen) atoms. The van der Waals surface area contributed by atoms with Gasteiger partial charge in [-0.2, -0.15) is 0 Å². The zero-order valence-corrected chi connectivity index (χ0v) is 18.9. The van der Waals surface area contributed by atoms with E-state index < -0.39 is 0 Å². The third-order valence-electron chi connectivity index (χ3n) is 5.74. The van der Waals surface area contributed by atoms with E-state index in [4.69, 9.17) is 21.1 Å². The quantitative estimate of drug-likeness (QED) is 0.598. The Hall–Kier alpha value is -2.31. The maximum atomic E-state index is 13.7. The van der Waals surface area contributed by atoms with Crippen molar-refractivity contribution >= 4 is 17.5 Å². The van der Waals surface area contributed by atoms with E-state index >= 15 is 0 Å². The summed E-state index contributed by atoms with van der Waals surface area (Å²) in [6.07, 6.45) is 3.54. The summed E-state index contributed by atoms with van der Waals surface area (Å²) in [7, 11) is 3.21. The van der Waals surface area contributed by atoms with Crippen molar-refractivity contribution in [1.29, 1.82) is 0 Å². The minimum Gasteiger partial charge on any atom is -0.497 e. The first-order chi connectivity index (χ1) is 15.0. The van der Waals surface area contributed by atoms with Crippen molar-refractivity contribution in [2.45, 2.75) is 38.8 Å². The van der Waals surface area contributed by atoms with Crippen molar-refractivity contribution in [3.63, 3.8) is 0 Å². The lowest BCUT2D eigenvalue weighted by atomic mass is 9.93. The number of likely N-dealkylation sites (tertiary alicyclic amines) is 1. The fraction of sp³-hybridized carbons (Fsp3) is 0.458. The summed E-state index contributed by atoms with van der Waals surface area (Å²) in [5.74, 6) is 1.54. The van der Waals surface area contributed by atoms with Crippen LogP contribution in [0.3, 0.4) is 0 Å². The van der Waals surface area contributed by atoms with Gasteiger partial charge in [0.1, 0.15) is 17.3 Å². The minimum atomic E-state index is -0.377. The topological polar surface area (TPSA) is 50.8 Å². The molecule has 0 bridgehead atoms. The molecule has 1 atom stereocenters. The molecule has 1 amide bonds. The summed E-state index contributed by atoms with van der Waals surface area (Å²) < 4.78 is 24.3. The summed E-state index contributed by atoms with van der Waals surface area (Å²) in [6.45, 7) is 3.03. The van der Waals surface area contributed by atoms with E-state index in [9.17, 15) is 9.18 Å². The Morgan fingerprint density at radius 2 is 2.06 bits per heavy atom. The zero-order chi connectivity index (χ0) is 22.2. The van der Waals surface area contributed by atoms with Crippen molar-refractivity contribution in [3.8, 4) is 11.5 Å². The number of methoxy groups -OCH3 is 2. The Morgan fingerprint density at radius 3 is 2.81 bits per heavy atom. The van der Waals surface area contributed by atoms with Gasteiger partial charge in [0.05, 0.1) is 19.2 Å². The summed E-state index contributed by atoms with van der Waals surface area (Å²) in [5, 5.41) is 3.14. The second kappa shape index (κ2) is 11.3. The van der Waals surface area contributed by atoms with Gasteiger partial charge in [-0.1, -0.05) is 17.7 Å². The number of hydrogen-bond donors (Lipinski definition) is 1. The molecule has 1 fully saturated rings. The van der Waals surface area contributed by atoms with Crippen LogP contribution >= 0.6 is 11.6 Å². The lowest BCUT2D eigenvalue weighted by molar-refractivity contribution is -0.121. The number of nitrogens with one attached hydrogen (secondary N) is 1. The number of hydrogen-bond acceptors (Lipinski definition) is 4. The predicted octanol–water partition coefficient (Wildman–Crippen LogP) is 4.80. The Kier molecular flexibility index (Phi) is 8.55. The van der Waals surface area contributed by atoms with Gasteiger partial charge in [0.25, 0.3) is 0 Å². The lowest BCUT2D eigenvalue weighted by Crippen LogP contribution is -2.35. The Balaban J connectivity index is 1.44. The van der Waals surface area contributed by atoms with E-state index in [-0.39, 0.29) is 16.7 Å². The number of piperidine rings is 1. The smallest absolute Gasteiger partial charge is 0.220 e. The van der Waals surface area contributed by atoms with E-state index in [0.717, 1.165) is 49.2 Å². The minimum absolute atomic E-state index is 0.0368. The highest BCUT2D eigenvalue weighted by atomic mass is 35.5. The van der Waals surface area contributed by atoms with Gasteiger partial charge < -0.3 is 14.8 Å². The fourth-order valence-electron chi connectivity index (χ4n) is 4.04. The van der Waals surface area contributed by atoms with Crippen molar-refractivity contribution in [2.75, 3.05) is 27.3 Å². The number of carbonyl (C=O) groups is 1. The van der Waals surface area contributed by atoms with Crippen LogP contribution in [-0.4, -0.2) is 38.1 Å². The molecule has 2 aromatic rings. The summed E-state index contributed by atoms with van der Waals surface area (Å²) in [6, 6.07) is 10.5. The van der Waals surface area contributed by atoms with Crippen LogP contribution in [0.1, 0.15) is 36.8 Å². The largest absolute Gasteiger partial charge is 0.497 e. The van der Waals surface area contributed by atoms with Crippen LogP contribution in [0.25, 0.3) is 0 Å². The van der Waals surface area contributed by atoms with Gasteiger partial charge in [-0.15, -0.1) is 0 Å². The Morgan fingerprint density at radius 1 is 1.23 bits per heavy atom. The maximum absolute atomic E-state index is 13.7. The van der Waals surface area contributed by atoms with Gasteiger partial charge >= 0.3 is 0 Å². The van der Waals surface area contributed by atoms with E-state index in [1.54, 1.807) is 20.3 Å². The highest BCUT2D eigenvalue weighted by Gasteiger charge is 2.21. The van der Waals surface area contributed by atoms with Crippen molar-refractivity contribution < 1.29 is 18.7 Å². The first-order valence-corrected chi connectivity index (χ1v) is 11.0. The lowest BCUT2D eigenvalue weighted by Gasteiger charge is -2.32. The maximum Gasteiger partial charge on any atom is 0.220 e. The second-order valence-corrected chi connectivity index (χ2v) is 8.39. The molecule has 0 aliphatic carbocycles. The summed E-state index contributed by atoms with van der Waals surface area (Å²) in [4.78, 5) is 14.7. The van der Waals surface area contributed by atoms with Gasteiger partial charge in [0.15, 0.2) is 0 Å². The number of rotatable bonds is 9. The fourth-order valence-corrected chi connectivity index (χ4v) is 4.16. The Labute approximate surface area is 188 Å². The van der Waals surface area contributed by atoms with Crippen LogP contribution in [-0.2, 0) is 17.9 Å². The average Bonchev–Trinajstić information content (AvgIpc) is 2.79. The van der Waals surface area contributed by atoms with E-state index in [2.05, 4.69) is 10.2 Å². The molecular formula is C24H30ClFN2O3. The van der Waals surface area contributed by atoms with Crippen LogP contribution in [0.5, 0.6) is 11.5 Å². The summed E-state index contributed by atoms with van der Waals surface area (Å²) in [5.41, 5.74) is 1.84. The molecule has 3 rings (SSSR count). The van der Waals surface area contributed by atoms with Crippen molar-refractivity contribution in [1.82, 2.24) is 10.2 Å². The highest BCUT2D eigenvalue weighted by Crippen LogP contribution is 2.25. The third kappa shape index (κ3) is 6.84. The standard InChI is InChI=1S/C24H30ClFN2O3/c1-30-20-8-7-19(23(13-20)31-2)14-27-24(29)10-6-17-4-3-11-28(15-17)16-18-5-9-21(25)22(26)12-18/h5,7-9,12-13,17H,3-4,6,10-11,14-16H2,1-2H3,(H,27,29)/t17-/m1/s1. The van der Waals surface area contributed by atoms with Gasteiger partial charge in [0, 0.05) is 37.7 Å². The first-order valence-electron chi connectivity index (χ1n) is 10.6. The first kappa shape index (κ1) is 23.4. The van der Waals surface area contributed by atoms with Crippen molar-refractivity contribution in [2.24, 2.45) is 5.92 Å². The molecular weight excluding hydrogens is 419 g/mol. The van der Waals surface area contributed by atoms with E-state index in [1.165, 1.54) is 6.07 Å². The molecule has 168 valence electrons. The molecule has 7 heteroatoms. The number of nitrogens with zero attached hydrogens (tertiary/aromatic N) is 1. The zero-order valence-electron chi connectivity index (χ0n) is 18.1. The number of ether oxygens (including phenoxy) is 2. The molecule has 2 aromatic carbocycles.